The third-order valence-electron chi connectivity index (χ3n) is 3.29. The molecule has 1 aliphatic rings. The van der Waals surface area contributed by atoms with Gasteiger partial charge in [-0.05, 0) is 36.6 Å². The van der Waals surface area contributed by atoms with E-state index in [9.17, 15) is 4.39 Å². The van der Waals surface area contributed by atoms with Crippen LogP contribution in [-0.4, -0.2) is 13.7 Å². The van der Waals surface area contributed by atoms with Crippen LogP contribution < -0.4 is 10.1 Å². The molecule has 0 heterocycles. The van der Waals surface area contributed by atoms with E-state index in [-0.39, 0.29) is 5.82 Å². The highest BCUT2D eigenvalue weighted by atomic mass is 19.1. The van der Waals surface area contributed by atoms with E-state index in [1.54, 1.807) is 0 Å². The Kier molecular flexibility index (Phi) is 4.00. The standard InChI is InChI=1S/C14H20FNO/c1-3-16-13(8-10-4-5-10)11-6-7-12(15)14(9-11)17-2/h6-7,9-10,13,16H,3-5,8H2,1-2H3. The number of ether oxygens (including phenoxy) is 1. The summed E-state index contributed by atoms with van der Waals surface area (Å²) < 4.78 is 18.4. The summed E-state index contributed by atoms with van der Waals surface area (Å²) in [5.41, 5.74) is 1.12. The van der Waals surface area contributed by atoms with Crippen molar-refractivity contribution in [2.45, 2.75) is 32.2 Å². The van der Waals surface area contributed by atoms with Gasteiger partial charge in [-0.1, -0.05) is 25.8 Å². The predicted octanol–water partition coefficient (Wildman–Crippen LogP) is 3.29. The number of hydrogen-bond acceptors (Lipinski definition) is 2. The zero-order valence-electron chi connectivity index (χ0n) is 10.5. The minimum atomic E-state index is -0.294. The highest BCUT2D eigenvalue weighted by Crippen LogP contribution is 2.38. The lowest BCUT2D eigenvalue weighted by Gasteiger charge is -2.19. The van der Waals surface area contributed by atoms with Crippen molar-refractivity contribution in [2.24, 2.45) is 5.92 Å². The average molecular weight is 237 g/mol. The minimum Gasteiger partial charge on any atom is -0.494 e. The maximum atomic E-state index is 13.3. The first kappa shape index (κ1) is 12.4. The molecule has 2 nitrogen and oxygen atoms in total. The van der Waals surface area contributed by atoms with Crippen molar-refractivity contribution in [3.8, 4) is 5.75 Å². The fourth-order valence-electron chi connectivity index (χ4n) is 2.16. The molecular formula is C14H20FNO. The van der Waals surface area contributed by atoms with Crippen molar-refractivity contribution >= 4 is 0 Å². The van der Waals surface area contributed by atoms with E-state index >= 15 is 0 Å². The lowest BCUT2D eigenvalue weighted by atomic mass is 10.0. The first-order chi connectivity index (χ1) is 8.24. The van der Waals surface area contributed by atoms with Gasteiger partial charge in [-0.25, -0.2) is 4.39 Å². The lowest BCUT2D eigenvalue weighted by molar-refractivity contribution is 0.384. The van der Waals surface area contributed by atoms with Crippen molar-refractivity contribution in [2.75, 3.05) is 13.7 Å². The van der Waals surface area contributed by atoms with E-state index in [0.717, 1.165) is 24.4 Å². The molecule has 2 rings (SSSR count). The van der Waals surface area contributed by atoms with E-state index in [1.807, 2.05) is 12.1 Å². The highest BCUT2D eigenvalue weighted by molar-refractivity contribution is 5.32. The van der Waals surface area contributed by atoms with Crippen LogP contribution in [0.25, 0.3) is 0 Å². The summed E-state index contributed by atoms with van der Waals surface area (Å²) >= 11 is 0. The fraction of sp³-hybridized carbons (Fsp3) is 0.571. The summed E-state index contributed by atoms with van der Waals surface area (Å²) in [4.78, 5) is 0. The summed E-state index contributed by atoms with van der Waals surface area (Å²) in [6, 6.07) is 5.48. The molecule has 0 amide bonds. The Bertz CT molecular complexity index is 376. The molecule has 0 aromatic heterocycles. The van der Waals surface area contributed by atoms with Crippen LogP contribution in [0, 0.1) is 11.7 Å². The molecule has 1 N–H and O–H groups in total. The van der Waals surface area contributed by atoms with Crippen LogP contribution in [0.3, 0.4) is 0 Å². The molecule has 1 unspecified atom stereocenters. The molecule has 0 spiro atoms. The Hall–Kier alpha value is -1.09. The summed E-state index contributed by atoms with van der Waals surface area (Å²) in [6.45, 7) is 3.03. The monoisotopic (exact) mass is 237 g/mol. The van der Waals surface area contributed by atoms with Gasteiger partial charge in [0.25, 0.3) is 0 Å². The zero-order chi connectivity index (χ0) is 12.3. The highest BCUT2D eigenvalue weighted by Gasteiger charge is 2.26. The Morgan fingerprint density at radius 1 is 1.47 bits per heavy atom. The molecular weight excluding hydrogens is 217 g/mol. The molecule has 94 valence electrons. The largest absolute Gasteiger partial charge is 0.494 e. The van der Waals surface area contributed by atoms with Crippen LogP contribution in [0.4, 0.5) is 4.39 Å². The molecule has 17 heavy (non-hydrogen) atoms. The smallest absolute Gasteiger partial charge is 0.165 e. The molecule has 3 heteroatoms. The zero-order valence-corrected chi connectivity index (χ0v) is 10.5. The Morgan fingerprint density at radius 2 is 2.24 bits per heavy atom. The van der Waals surface area contributed by atoms with E-state index in [4.69, 9.17) is 4.74 Å². The first-order valence-electron chi connectivity index (χ1n) is 6.31. The van der Waals surface area contributed by atoms with E-state index in [0.29, 0.717) is 11.8 Å². The maximum absolute atomic E-state index is 13.3. The predicted molar refractivity (Wildman–Crippen MR) is 66.7 cm³/mol. The minimum absolute atomic E-state index is 0.294. The molecule has 1 aromatic rings. The van der Waals surface area contributed by atoms with Gasteiger partial charge in [0, 0.05) is 6.04 Å². The Labute approximate surface area is 102 Å². The van der Waals surface area contributed by atoms with Gasteiger partial charge >= 0.3 is 0 Å². The van der Waals surface area contributed by atoms with Crippen molar-refractivity contribution in [3.63, 3.8) is 0 Å². The van der Waals surface area contributed by atoms with Gasteiger partial charge in [-0.2, -0.15) is 0 Å². The molecule has 1 atom stereocenters. The molecule has 1 saturated carbocycles. The number of halogens is 1. The Balaban J connectivity index is 2.15. The summed E-state index contributed by atoms with van der Waals surface area (Å²) in [6.07, 6.45) is 3.81. The summed E-state index contributed by atoms with van der Waals surface area (Å²) in [5, 5.41) is 3.46. The number of methoxy groups -OCH3 is 1. The van der Waals surface area contributed by atoms with Gasteiger partial charge in [0.15, 0.2) is 11.6 Å². The third kappa shape index (κ3) is 3.19. The van der Waals surface area contributed by atoms with Crippen LogP contribution in [0.2, 0.25) is 0 Å². The van der Waals surface area contributed by atoms with Gasteiger partial charge in [0.05, 0.1) is 7.11 Å². The third-order valence-corrected chi connectivity index (χ3v) is 3.29. The molecule has 1 aromatic carbocycles. The van der Waals surface area contributed by atoms with Gasteiger partial charge < -0.3 is 10.1 Å². The molecule has 0 radical (unpaired) electrons. The molecule has 0 aliphatic heterocycles. The average Bonchev–Trinajstić information content (AvgIpc) is 3.13. The number of rotatable bonds is 6. The number of nitrogens with one attached hydrogen (secondary N) is 1. The maximum Gasteiger partial charge on any atom is 0.165 e. The summed E-state index contributed by atoms with van der Waals surface area (Å²) in [5.74, 6) is 0.884. The van der Waals surface area contributed by atoms with Crippen LogP contribution >= 0.6 is 0 Å². The van der Waals surface area contributed by atoms with Crippen LogP contribution in [0.5, 0.6) is 5.75 Å². The molecule has 0 bridgehead atoms. The Morgan fingerprint density at radius 3 is 2.82 bits per heavy atom. The van der Waals surface area contributed by atoms with Gasteiger partial charge in [-0.3, -0.25) is 0 Å². The van der Waals surface area contributed by atoms with Crippen LogP contribution in [0.1, 0.15) is 37.8 Å². The van der Waals surface area contributed by atoms with E-state index < -0.39 is 0 Å². The first-order valence-corrected chi connectivity index (χ1v) is 6.31. The van der Waals surface area contributed by atoms with Crippen molar-refractivity contribution in [1.29, 1.82) is 0 Å². The summed E-state index contributed by atoms with van der Waals surface area (Å²) in [7, 11) is 1.51. The second-order valence-electron chi connectivity index (χ2n) is 4.68. The van der Waals surface area contributed by atoms with E-state index in [2.05, 4.69) is 12.2 Å². The number of benzene rings is 1. The topological polar surface area (TPSA) is 21.3 Å². The van der Waals surface area contributed by atoms with Gasteiger partial charge in [0.1, 0.15) is 0 Å². The van der Waals surface area contributed by atoms with Crippen molar-refractivity contribution in [3.05, 3.63) is 29.6 Å². The lowest BCUT2D eigenvalue weighted by Crippen LogP contribution is -2.21. The molecule has 0 saturated heterocycles. The molecule has 1 fully saturated rings. The van der Waals surface area contributed by atoms with Crippen LogP contribution in [0.15, 0.2) is 18.2 Å². The second kappa shape index (κ2) is 5.50. The normalized spacial score (nSPS) is 16.9. The van der Waals surface area contributed by atoms with Crippen molar-refractivity contribution in [1.82, 2.24) is 5.32 Å². The number of hydrogen-bond donors (Lipinski definition) is 1. The quantitative estimate of drug-likeness (QED) is 0.819. The fourth-order valence-corrected chi connectivity index (χ4v) is 2.16. The van der Waals surface area contributed by atoms with Gasteiger partial charge in [0.2, 0.25) is 0 Å². The van der Waals surface area contributed by atoms with Gasteiger partial charge in [-0.15, -0.1) is 0 Å². The second-order valence-corrected chi connectivity index (χ2v) is 4.68. The van der Waals surface area contributed by atoms with Crippen LogP contribution in [-0.2, 0) is 0 Å². The molecule has 1 aliphatic carbocycles. The van der Waals surface area contributed by atoms with E-state index in [1.165, 1.54) is 26.0 Å². The SMILES string of the molecule is CCNC(CC1CC1)c1ccc(F)c(OC)c1. The van der Waals surface area contributed by atoms with Crippen molar-refractivity contribution < 1.29 is 9.13 Å².